The van der Waals surface area contributed by atoms with Gasteiger partial charge in [-0.05, 0) is 31.1 Å². The van der Waals surface area contributed by atoms with Crippen LogP contribution >= 0.6 is 0 Å². The van der Waals surface area contributed by atoms with Crippen molar-refractivity contribution in [2.24, 2.45) is 12.5 Å². The maximum atomic E-state index is 12.5. The van der Waals surface area contributed by atoms with Crippen molar-refractivity contribution in [3.05, 3.63) is 16.3 Å². The summed E-state index contributed by atoms with van der Waals surface area (Å²) in [5.74, 6) is 0.668. The Morgan fingerprint density at radius 2 is 2.04 bits per heavy atom. The van der Waals surface area contributed by atoms with Gasteiger partial charge in [0.05, 0.1) is 6.54 Å². The highest BCUT2D eigenvalue weighted by atomic mass is 16.2. The molecule has 1 saturated carbocycles. The van der Waals surface area contributed by atoms with Gasteiger partial charge in [0.15, 0.2) is 5.82 Å². The highest BCUT2D eigenvalue weighted by molar-refractivity contribution is 5.74. The summed E-state index contributed by atoms with van der Waals surface area (Å²) in [6.07, 6.45) is 5.66. The molecule has 128 valence electrons. The summed E-state index contributed by atoms with van der Waals surface area (Å²) in [5, 5.41) is 7.37. The van der Waals surface area contributed by atoms with Gasteiger partial charge in [0.25, 0.3) is 0 Å². The van der Waals surface area contributed by atoms with Crippen molar-refractivity contribution in [3.63, 3.8) is 0 Å². The van der Waals surface area contributed by atoms with Gasteiger partial charge in [-0.25, -0.2) is 14.3 Å². The molecule has 0 spiro atoms. The minimum absolute atomic E-state index is 0.0283. The molecule has 2 heterocycles. The van der Waals surface area contributed by atoms with Gasteiger partial charge in [-0.1, -0.05) is 20.3 Å². The number of fused-ring (bicyclic) bond motifs is 1. The zero-order chi connectivity index (χ0) is 16.6. The van der Waals surface area contributed by atoms with Gasteiger partial charge in [-0.3, -0.25) is 4.57 Å². The van der Waals surface area contributed by atoms with E-state index in [2.05, 4.69) is 24.3 Å². The van der Waals surface area contributed by atoms with E-state index in [-0.39, 0.29) is 17.8 Å². The maximum absolute atomic E-state index is 12.5. The number of nitrogens with one attached hydrogen (secondary N) is 1. The predicted molar refractivity (Wildman–Crippen MR) is 87.1 cm³/mol. The monoisotopic (exact) mass is 321 g/mol. The number of amides is 2. The Morgan fingerprint density at radius 1 is 1.35 bits per heavy atom. The van der Waals surface area contributed by atoms with Gasteiger partial charge in [0, 0.05) is 26.2 Å². The van der Waals surface area contributed by atoms with E-state index in [9.17, 15) is 9.59 Å². The number of carbonyl (C=O) groups is 1. The lowest BCUT2D eigenvalue weighted by atomic mass is 9.72. The van der Waals surface area contributed by atoms with Gasteiger partial charge in [-0.2, -0.15) is 5.10 Å². The van der Waals surface area contributed by atoms with Crippen LogP contribution in [0.2, 0.25) is 0 Å². The van der Waals surface area contributed by atoms with E-state index in [1.165, 1.54) is 23.9 Å². The number of rotatable bonds is 2. The fraction of sp³-hybridized carbons (Fsp3) is 0.812. The van der Waals surface area contributed by atoms with Crippen LogP contribution in [0.5, 0.6) is 0 Å². The van der Waals surface area contributed by atoms with Gasteiger partial charge in [0.1, 0.15) is 0 Å². The Labute approximate surface area is 136 Å². The third-order valence-corrected chi connectivity index (χ3v) is 5.67. The van der Waals surface area contributed by atoms with E-state index in [0.717, 1.165) is 12.8 Å². The van der Waals surface area contributed by atoms with Crippen molar-refractivity contribution in [2.75, 3.05) is 6.54 Å². The van der Waals surface area contributed by atoms with Crippen LogP contribution in [0.25, 0.3) is 0 Å². The van der Waals surface area contributed by atoms with Crippen LogP contribution in [0, 0.1) is 5.41 Å². The second kappa shape index (κ2) is 6.02. The van der Waals surface area contributed by atoms with E-state index in [0.29, 0.717) is 30.9 Å². The fourth-order valence-electron chi connectivity index (χ4n) is 3.62. The third kappa shape index (κ3) is 3.14. The molecule has 1 fully saturated rings. The van der Waals surface area contributed by atoms with Crippen LogP contribution in [0.1, 0.15) is 51.8 Å². The molecule has 1 aliphatic heterocycles. The Balaban J connectivity index is 1.57. The summed E-state index contributed by atoms with van der Waals surface area (Å²) < 4.78 is 2.99. The van der Waals surface area contributed by atoms with Crippen molar-refractivity contribution in [1.29, 1.82) is 0 Å². The molecular weight excluding hydrogens is 294 g/mol. The van der Waals surface area contributed by atoms with Crippen LogP contribution in [0.15, 0.2) is 4.79 Å². The van der Waals surface area contributed by atoms with Crippen LogP contribution in [-0.2, 0) is 20.1 Å². The molecule has 0 radical (unpaired) electrons. The topological polar surface area (TPSA) is 72.2 Å². The molecule has 0 unspecified atom stereocenters. The van der Waals surface area contributed by atoms with Crippen molar-refractivity contribution in [2.45, 2.75) is 65.1 Å². The summed E-state index contributed by atoms with van der Waals surface area (Å²) in [6, 6.07) is 0.245. The molecule has 3 rings (SSSR count). The van der Waals surface area contributed by atoms with Gasteiger partial charge in [-0.15, -0.1) is 0 Å². The van der Waals surface area contributed by atoms with Crippen LogP contribution in [0.4, 0.5) is 4.79 Å². The number of urea groups is 1. The largest absolute Gasteiger partial charge is 0.345 e. The first kappa shape index (κ1) is 16.1. The minimum Gasteiger partial charge on any atom is -0.335 e. The van der Waals surface area contributed by atoms with E-state index < -0.39 is 0 Å². The van der Waals surface area contributed by atoms with Crippen LogP contribution in [0.3, 0.4) is 0 Å². The lowest BCUT2D eigenvalue weighted by Crippen LogP contribution is -2.49. The first-order valence-corrected chi connectivity index (χ1v) is 8.60. The number of carbonyl (C=O) groups excluding carboxylic acids is 1. The highest BCUT2D eigenvalue weighted by Crippen LogP contribution is 2.38. The van der Waals surface area contributed by atoms with Crippen molar-refractivity contribution in [3.8, 4) is 0 Å². The lowest BCUT2D eigenvalue weighted by molar-refractivity contribution is 0.154. The molecule has 0 aromatic carbocycles. The molecule has 2 aliphatic rings. The molecule has 1 aromatic rings. The number of aromatic nitrogens is 3. The zero-order valence-corrected chi connectivity index (χ0v) is 14.3. The summed E-state index contributed by atoms with van der Waals surface area (Å²) in [7, 11) is 1.64. The fourth-order valence-corrected chi connectivity index (χ4v) is 3.62. The molecule has 0 saturated heterocycles. The summed E-state index contributed by atoms with van der Waals surface area (Å²) in [4.78, 5) is 26.1. The van der Waals surface area contributed by atoms with E-state index in [4.69, 9.17) is 0 Å². The molecule has 0 atom stereocenters. The lowest BCUT2D eigenvalue weighted by Gasteiger charge is -2.38. The molecule has 1 aliphatic carbocycles. The first-order chi connectivity index (χ1) is 10.9. The standard InChI is InChI=1S/C16H27N5O2/c1-4-16(2)7-5-12(6-8-16)17-14(22)20-9-10-21-13(11-20)18-19(3)15(21)23/h12H,4-11H2,1-3H3,(H,17,22). The Kier molecular flexibility index (Phi) is 4.21. The Hall–Kier alpha value is -1.79. The molecule has 1 N–H and O–H groups in total. The second-order valence-electron chi connectivity index (χ2n) is 7.28. The first-order valence-electron chi connectivity index (χ1n) is 8.60. The average molecular weight is 321 g/mol. The SMILES string of the molecule is CCC1(C)CCC(NC(=O)N2CCn3c(nn(C)c3=O)C2)CC1. The third-order valence-electron chi connectivity index (χ3n) is 5.67. The average Bonchev–Trinajstić information content (AvgIpc) is 2.84. The van der Waals surface area contributed by atoms with E-state index in [1.807, 2.05) is 0 Å². The smallest absolute Gasteiger partial charge is 0.335 e. The quantitative estimate of drug-likeness (QED) is 0.896. The summed E-state index contributed by atoms with van der Waals surface area (Å²) in [5.41, 5.74) is 0.335. The maximum Gasteiger partial charge on any atom is 0.345 e. The summed E-state index contributed by atoms with van der Waals surface area (Å²) >= 11 is 0. The second-order valence-corrected chi connectivity index (χ2v) is 7.28. The Morgan fingerprint density at radius 3 is 2.70 bits per heavy atom. The molecule has 23 heavy (non-hydrogen) atoms. The van der Waals surface area contributed by atoms with Crippen LogP contribution < -0.4 is 11.0 Å². The van der Waals surface area contributed by atoms with Gasteiger partial charge >= 0.3 is 11.7 Å². The van der Waals surface area contributed by atoms with Crippen molar-refractivity contribution in [1.82, 2.24) is 24.6 Å². The van der Waals surface area contributed by atoms with Crippen molar-refractivity contribution >= 4 is 6.03 Å². The zero-order valence-electron chi connectivity index (χ0n) is 14.3. The van der Waals surface area contributed by atoms with E-state index in [1.54, 1.807) is 16.5 Å². The molecular formula is C16H27N5O2. The molecule has 7 nitrogen and oxygen atoms in total. The number of hydrogen-bond acceptors (Lipinski definition) is 3. The molecule has 1 aromatic heterocycles. The van der Waals surface area contributed by atoms with Crippen molar-refractivity contribution < 1.29 is 4.79 Å². The van der Waals surface area contributed by atoms with Gasteiger partial charge in [0.2, 0.25) is 0 Å². The predicted octanol–water partition coefficient (Wildman–Crippen LogP) is 1.47. The highest BCUT2D eigenvalue weighted by Gasteiger charge is 2.31. The van der Waals surface area contributed by atoms with Crippen LogP contribution in [-0.4, -0.2) is 37.9 Å². The molecule has 7 heteroatoms. The Bertz CT molecular complexity index is 639. The number of aryl methyl sites for hydroxylation is 1. The number of hydrogen-bond donors (Lipinski definition) is 1. The van der Waals surface area contributed by atoms with Gasteiger partial charge < -0.3 is 10.2 Å². The minimum atomic E-state index is -0.105. The normalized spacial score (nSPS) is 27.6. The summed E-state index contributed by atoms with van der Waals surface area (Å²) in [6.45, 7) is 6.08. The number of nitrogens with zero attached hydrogens (tertiary/aromatic N) is 4. The molecule has 2 amide bonds. The molecule has 0 bridgehead atoms. The van der Waals surface area contributed by atoms with E-state index >= 15 is 0 Å².